The highest BCUT2D eigenvalue weighted by atomic mass is 32.2. The first-order chi connectivity index (χ1) is 9.79. The Morgan fingerprint density at radius 2 is 2.00 bits per heavy atom. The van der Waals surface area contributed by atoms with Gasteiger partial charge < -0.3 is 15.4 Å². The van der Waals surface area contributed by atoms with Gasteiger partial charge in [0.15, 0.2) is 5.96 Å². The van der Waals surface area contributed by atoms with Gasteiger partial charge in [0, 0.05) is 31.1 Å². The van der Waals surface area contributed by atoms with Gasteiger partial charge in [-0.25, -0.2) is 0 Å². The molecule has 1 aromatic rings. The zero-order valence-corrected chi connectivity index (χ0v) is 12.9. The molecule has 1 heterocycles. The van der Waals surface area contributed by atoms with Crippen molar-refractivity contribution < 1.29 is 4.74 Å². The van der Waals surface area contributed by atoms with Gasteiger partial charge in [0.25, 0.3) is 0 Å². The molecule has 0 aromatic heterocycles. The first-order valence-electron chi connectivity index (χ1n) is 7.05. The summed E-state index contributed by atoms with van der Waals surface area (Å²) in [5.74, 6) is 3.92. The maximum absolute atomic E-state index is 6.02. The lowest BCUT2D eigenvalue weighted by Gasteiger charge is -2.27. The molecule has 2 N–H and O–H groups in total. The highest BCUT2D eigenvalue weighted by molar-refractivity contribution is 7.99. The van der Waals surface area contributed by atoms with Crippen molar-refractivity contribution in [3.63, 3.8) is 0 Å². The van der Waals surface area contributed by atoms with Gasteiger partial charge in [-0.15, -0.1) is 0 Å². The minimum absolute atomic E-state index is 0.708. The van der Waals surface area contributed by atoms with E-state index in [2.05, 4.69) is 22.0 Å². The molecule has 4 nitrogen and oxygen atoms in total. The summed E-state index contributed by atoms with van der Waals surface area (Å²) in [5.41, 5.74) is 7.33. The number of methoxy groups -OCH3 is 1. The van der Waals surface area contributed by atoms with Crippen LogP contribution in [-0.2, 0) is 6.42 Å². The second-order valence-corrected chi connectivity index (χ2v) is 6.02. The Morgan fingerprint density at radius 3 is 2.65 bits per heavy atom. The fourth-order valence-corrected chi connectivity index (χ4v) is 3.06. The first-order valence-corrected chi connectivity index (χ1v) is 8.20. The Bertz CT molecular complexity index is 427. The molecule has 0 aliphatic carbocycles. The largest absolute Gasteiger partial charge is 0.497 e. The molecule has 0 bridgehead atoms. The number of nitrogens with zero attached hydrogens (tertiary/aromatic N) is 2. The smallest absolute Gasteiger partial charge is 0.191 e. The Labute approximate surface area is 125 Å². The van der Waals surface area contributed by atoms with E-state index in [0.29, 0.717) is 5.96 Å². The summed E-state index contributed by atoms with van der Waals surface area (Å²) in [6.07, 6.45) is 2.05. The van der Waals surface area contributed by atoms with Crippen LogP contribution in [0.15, 0.2) is 29.3 Å². The predicted octanol–water partition coefficient (Wildman–Crippen LogP) is 1.99. The van der Waals surface area contributed by atoms with Gasteiger partial charge in [-0.05, 0) is 30.5 Å². The summed E-state index contributed by atoms with van der Waals surface area (Å²) in [6, 6.07) is 8.21. The lowest BCUT2D eigenvalue weighted by Crippen LogP contribution is -2.42. The third-order valence-electron chi connectivity index (χ3n) is 3.39. The lowest BCUT2D eigenvalue weighted by atomic mass is 10.1. The highest BCUT2D eigenvalue weighted by Crippen LogP contribution is 2.12. The molecule has 1 fully saturated rings. The van der Waals surface area contributed by atoms with Gasteiger partial charge >= 0.3 is 0 Å². The molecule has 0 unspecified atom stereocenters. The molecule has 1 aromatic carbocycles. The quantitative estimate of drug-likeness (QED) is 0.512. The minimum Gasteiger partial charge on any atom is -0.497 e. The number of aliphatic imine (C=N–C) groups is 1. The molecule has 0 radical (unpaired) electrons. The van der Waals surface area contributed by atoms with Crippen LogP contribution in [0.25, 0.3) is 0 Å². The summed E-state index contributed by atoms with van der Waals surface area (Å²) in [5, 5.41) is 0. The van der Waals surface area contributed by atoms with Crippen molar-refractivity contribution >= 4 is 17.7 Å². The summed E-state index contributed by atoms with van der Waals surface area (Å²) in [7, 11) is 1.69. The average molecular weight is 293 g/mol. The number of nitrogens with two attached hydrogens (primary N) is 1. The average Bonchev–Trinajstić information content (AvgIpc) is 2.53. The standard InChI is InChI=1S/C15H23N3OS/c1-19-14-6-4-13(5-7-14)3-2-8-17-15(16)18-9-11-20-12-10-18/h4-7H,2-3,8-12H2,1H3,(H2,16,17). The highest BCUT2D eigenvalue weighted by Gasteiger charge is 2.11. The van der Waals surface area contributed by atoms with E-state index in [1.54, 1.807) is 7.11 Å². The Kier molecular flexibility index (Phi) is 6.05. The summed E-state index contributed by atoms with van der Waals surface area (Å²) >= 11 is 1.98. The van der Waals surface area contributed by atoms with E-state index in [1.165, 1.54) is 5.56 Å². The van der Waals surface area contributed by atoms with Gasteiger partial charge in [0.2, 0.25) is 0 Å². The third kappa shape index (κ3) is 4.63. The summed E-state index contributed by atoms with van der Waals surface area (Å²) in [6.45, 7) is 2.85. The van der Waals surface area contributed by atoms with Crippen molar-refractivity contribution in [2.75, 3.05) is 38.2 Å². The Morgan fingerprint density at radius 1 is 1.30 bits per heavy atom. The second kappa shape index (κ2) is 8.04. The lowest BCUT2D eigenvalue weighted by molar-refractivity contribution is 0.414. The maximum Gasteiger partial charge on any atom is 0.191 e. The molecule has 5 heteroatoms. The van der Waals surface area contributed by atoms with Gasteiger partial charge in [-0.2, -0.15) is 11.8 Å². The van der Waals surface area contributed by atoms with E-state index in [1.807, 2.05) is 23.9 Å². The van der Waals surface area contributed by atoms with Gasteiger partial charge in [-0.3, -0.25) is 4.99 Å². The molecular weight excluding hydrogens is 270 g/mol. The van der Waals surface area contributed by atoms with Crippen LogP contribution in [0.3, 0.4) is 0 Å². The molecule has 1 aliphatic rings. The molecule has 1 aliphatic heterocycles. The Hall–Kier alpha value is -1.36. The summed E-state index contributed by atoms with van der Waals surface area (Å²) in [4.78, 5) is 6.67. The molecule has 1 saturated heterocycles. The number of ether oxygens (including phenoxy) is 1. The number of rotatable bonds is 5. The zero-order valence-electron chi connectivity index (χ0n) is 12.0. The van der Waals surface area contributed by atoms with Crippen LogP contribution in [-0.4, -0.2) is 49.1 Å². The maximum atomic E-state index is 6.02. The topological polar surface area (TPSA) is 50.9 Å². The van der Waals surface area contributed by atoms with Crippen molar-refractivity contribution in [1.29, 1.82) is 0 Å². The van der Waals surface area contributed by atoms with Crippen LogP contribution in [0.2, 0.25) is 0 Å². The van der Waals surface area contributed by atoms with Crippen LogP contribution in [0, 0.1) is 0 Å². The molecule has 110 valence electrons. The van der Waals surface area contributed by atoms with Crippen LogP contribution in [0.4, 0.5) is 0 Å². The van der Waals surface area contributed by atoms with Crippen molar-refractivity contribution in [1.82, 2.24) is 4.90 Å². The molecule has 0 saturated carbocycles. The number of hydrogen-bond donors (Lipinski definition) is 1. The monoisotopic (exact) mass is 293 g/mol. The fraction of sp³-hybridized carbons (Fsp3) is 0.533. The number of benzene rings is 1. The van der Waals surface area contributed by atoms with E-state index in [-0.39, 0.29) is 0 Å². The fourth-order valence-electron chi connectivity index (χ4n) is 2.16. The predicted molar refractivity (Wildman–Crippen MR) is 86.7 cm³/mol. The van der Waals surface area contributed by atoms with Crippen molar-refractivity contribution in [2.24, 2.45) is 10.7 Å². The van der Waals surface area contributed by atoms with E-state index in [4.69, 9.17) is 10.5 Å². The van der Waals surface area contributed by atoms with Crippen LogP contribution >= 0.6 is 11.8 Å². The van der Waals surface area contributed by atoms with E-state index in [0.717, 1.165) is 49.7 Å². The van der Waals surface area contributed by atoms with E-state index >= 15 is 0 Å². The van der Waals surface area contributed by atoms with Gasteiger partial charge in [-0.1, -0.05) is 12.1 Å². The zero-order chi connectivity index (χ0) is 14.2. The number of hydrogen-bond acceptors (Lipinski definition) is 3. The van der Waals surface area contributed by atoms with Crippen LogP contribution in [0.5, 0.6) is 5.75 Å². The minimum atomic E-state index is 0.708. The molecule has 0 atom stereocenters. The molecule has 0 amide bonds. The van der Waals surface area contributed by atoms with Crippen LogP contribution < -0.4 is 10.5 Å². The molecule has 2 rings (SSSR count). The van der Waals surface area contributed by atoms with Crippen molar-refractivity contribution in [3.05, 3.63) is 29.8 Å². The van der Waals surface area contributed by atoms with Crippen molar-refractivity contribution in [3.8, 4) is 5.75 Å². The van der Waals surface area contributed by atoms with E-state index in [9.17, 15) is 0 Å². The van der Waals surface area contributed by atoms with E-state index < -0.39 is 0 Å². The number of guanidine groups is 1. The number of thioether (sulfide) groups is 1. The third-order valence-corrected chi connectivity index (χ3v) is 4.33. The first kappa shape index (κ1) is 15.0. The Balaban J connectivity index is 1.71. The molecule has 0 spiro atoms. The summed E-state index contributed by atoms with van der Waals surface area (Å²) < 4.78 is 5.15. The SMILES string of the molecule is COc1ccc(CCCN=C(N)N2CCSCC2)cc1. The normalized spacial score (nSPS) is 16.2. The van der Waals surface area contributed by atoms with Crippen LogP contribution in [0.1, 0.15) is 12.0 Å². The second-order valence-electron chi connectivity index (χ2n) is 4.79. The molecular formula is C15H23N3OS. The number of aryl methyl sites for hydroxylation is 1. The molecule has 20 heavy (non-hydrogen) atoms. The van der Waals surface area contributed by atoms with Crippen molar-refractivity contribution in [2.45, 2.75) is 12.8 Å². The van der Waals surface area contributed by atoms with Gasteiger partial charge in [0.05, 0.1) is 7.11 Å². The van der Waals surface area contributed by atoms with Gasteiger partial charge in [0.1, 0.15) is 5.75 Å².